The van der Waals surface area contributed by atoms with E-state index in [1.165, 1.54) is 0 Å². The lowest BCUT2D eigenvalue weighted by molar-refractivity contribution is -0.121. The zero-order chi connectivity index (χ0) is 21.8. The molecule has 0 heterocycles. The van der Waals surface area contributed by atoms with Crippen LogP contribution in [0.25, 0.3) is 0 Å². The Hall–Kier alpha value is -2.05. The number of benzene rings is 2. The van der Waals surface area contributed by atoms with E-state index in [1.54, 1.807) is 48.5 Å². The maximum atomic E-state index is 13.3. The SMILES string of the molecule is Cc1ccc(S(=O)(=O)N(CC(=O)NC(C(C)C)C(C)C)c2cccc(Cl)c2)cc1. The van der Waals surface area contributed by atoms with Gasteiger partial charge in [-0.3, -0.25) is 9.10 Å². The quantitative estimate of drug-likeness (QED) is 0.655. The number of sulfonamides is 1. The molecule has 2 aromatic rings. The topological polar surface area (TPSA) is 66.5 Å². The van der Waals surface area contributed by atoms with Gasteiger partial charge >= 0.3 is 0 Å². The second-order valence-electron chi connectivity index (χ2n) is 7.89. The highest BCUT2D eigenvalue weighted by Gasteiger charge is 2.29. The van der Waals surface area contributed by atoms with Crippen molar-refractivity contribution in [2.24, 2.45) is 11.8 Å². The highest BCUT2D eigenvalue weighted by atomic mass is 35.5. The molecule has 0 saturated carbocycles. The average molecular weight is 437 g/mol. The molecule has 1 amide bonds. The molecule has 0 unspecified atom stereocenters. The van der Waals surface area contributed by atoms with Crippen LogP contribution in [-0.4, -0.2) is 26.9 Å². The Labute approximate surface area is 179 Å². The highest BCUT2D eigenvalue weighted by molar-refractivity contribution is 7.92. The lowest BCUT2D eigenvalue weighted by atomic mass is 9.93. The van der Waals surface area contributed by atoms with Crippen LogP contribution in [-0.2, 0) is 14.8 Å². The predicted molar refractivity (Wildman–Crippen MR) is 119 cm³/mol. The third kappa shape index (κ3) is 5.97. The fourth-order valence-corrected chi connectivity index (χ4v) is 4.85. The molecule has 5 nitrogen and oxygen atoms in total. The maximum Gasteiger partial charge on any atom is 0.264 e. The molecule has 0 radical (unpaired) electrons. The van der Waals surface area contributed by atoms with E-state index in [-0.39, 0.29) is 35.2 Å². The van der Waals surface area contributed by atoms with Crippen molar-refractivity contribution in [3.63, 3.8) is 0 Å². The third-order valence-electron chi connectivity index (χ3n) is 4.76. The molecular formula is C22H29ClN2O3S. The fourth-order valence-electron chi connectivity index (χ4n) is 3.25. The number of anilines is 1. The Balaban J connectivity index is 2.41. The molecule has 0 spiro atoms. The lowest BCUT2D eigenvalue weighted by Crippen LogP contribution is -2.47. The zero-order valence-corrected chi connectivity index (χ0v) is 19.1. The summed E-state index contributed by atoms with van der Waals surface area (Å²) in [6, 6.07) is 13.0. The monoisotopic (exact) mass is 436 g/mol. The van der Waals surface area contributed by atoms with E-state index >= 15 is 0 Å². The first-order chi connectivity index (χ1) is 13.5. The molecule has 2 rings (SSSR count). The van der Waals surface area contributed by atoms with E-state index < -0.39 is 10.0 Å². The second kappa shape index (κ2) is 9.63. The van der Waals surface area contributed by atoms with Crippen LogP contribution in [0.3, 0.4) is 0 Å². The number of nitrogens with one attached hydrogen (secondary N) is 1. The number of amides is 1. The zero-order valence-electron chi connectivity index (χ0n) is 17.5. The molecule has 0 aliphatic rings. The molecule has 0 saturated heterocycles. The summed E-state index contributed by atoms with van der Waals surface area (Å²) in [5.74, 6) is 0.104. The van der Waals surface area contributed by atoms with Crippen LogP contribution in [0, 0.1) is 18.8 Å². The summed E-state index contributed by atoms with van der Waals surface area (Å²) in [5, 5.41) is 3.38. The van der Waals surface area contributed by atoms with Gasteiger partial charge in [-0.25, -0.2) is 8.42 Å². The Bertz CT molecular complexity index is 933. The van der Waals surface area contributed by atoms with Gasteiger partial charge in [0.2, 0.25) is 5.91 Å². The fraction of sp³-hybridized carbons (Fsp3) is 0.409. The van der Waals surface area contributed by atoms with Gasteiger partial charge in [0.1, 0.15) is 6.54 Å². The summed E-state index contributed by atoms with van der Waals surface area (Å²) >= 11 is 6.09. The van der Waals surface area contributed by atoms with Gasteiger partial charge in [0, 0.05) is 11.1 Å². The number of halogens is 1. The minimum absolute atomic E-state index is 0.0502. The number of rotatable bonds is 8. The van der Waals surface area contributed by atoms with Crippen molar-refractivity contribution in [1.29, 1.82) is 0 Å². The van der Waals surface area contributed by atoms with Crippen LogP contribution in [0.5, 0.6) is 0 Å². The number of hydrogen-bond acceptors (Lipinski definition) is 3. The molecule has 0 bridgehead atoms. The van der Waals surface area contributed by atoms with E-state index in [9.17, 15) is 13.2 Å². The van der Waals surface area contributed by atoms with Gasteiger partial charge < -0.3 is 5.32 Å². The molecule has 0 aromatic heterocycles. The summed E-state index contributed by atoms with van der Waals surface area (Å²) in [6.07, 6.45) is 0. The van der Waals surface area contributed by atoms with Crippen molar-refractivity contribution in [2.45, 2.75) is 45.6 Å². The maximum absolute atomic E-state index is 13.3. The summed E-state index contributed by atoms with van der Waals surface area (Å²) in [6.45, 7) is 9.68. The van der Waals surface area contributed by atoms with E-state index in [0.29, 0.717) is 10.7 Å². The van der Waals surface area contributed by atoms with Crippen molar-refractivity contribution in [3.05, 3.63) is 59.1 Å². The number of carbonyl (C=O) groups is 1. The third-order valence-corrected chi connectivity index (χ3v) is 6.78. The molecule has 0 aliphatic heterocycles. The van der Waals surface area contributed by atoms with Crippen LogP contribution in [0.15, 0.2) is 53.4 Å². The number of nitrogens with zero attached hydrogens (tertiary/aromatic N) is 1. The Morgan fingerprint density at radius 2 is 1.62 bits per heavy atom. The number of carbonyl (C=O) groups excluding carboxylic acids is 1. The van der Waals surface area contributed by atoms with Crippen LogP contribution >= 0.6 is 11.6 Å². The molecule has 7 heteroatoms. The summed E-state index contributed by atoms with van der Waals surface area (Å²) in [5.41, 5.74) is 1.30. The van der Waals surface area contributed by atoms with Crippen molar-refractivity contribution < 1.29 is 13.2 Å². The Kier molecular flexibility index (Phi) is 7.72. The molecule has 2 aromatic carbocycles. The summed E-state index contributed by atoms with van der Waals surface area (Å²) in [7, 11) is -3.95. The van der Waals surface area contributed by atoms with Crippen molar-refractivity contribution in [1.82, 2.24) is 5.32 Å². The van der Waals surface area contributed by atoms with Crippen LogP contribution < -0.4 is 9.62 Å². The molecule has 0 aliphatic carbocycles. The smallest absolute Gasteiger partial charge is 0.264 e. The minimum Gasteiger partial charge on any atom is -0.351 e. The largest absolute Gasteiger partial charge is 0.351 e. The Morgan fingerprint density at radius 1 is 1.03 bits per heavy atom. The highest BCUT2D eigenvalue weighted by Crippen LogP contribution is 2.26. The molecule has 29 heavy (non-hydrogen) atoms. The first-order valence-corrected chi connectivity index (χ1v) is 11.5. The first kappa shape index (κ1) is 23.2. The molecule has 0 atom stereocenters. The van der Waals surface area contributed by atoms with E-state index in [2.05, 4.69) is 5.32 Å². The minimum atomic E-state index is -3.95. The summed E-state index contributed by atoms with van der Waals surface area (Å²) in [4.78, 5) is 12.9. The van der Waals surface area contributed by atoms with Crippen LogP contribution in [0.1, 0.15) is 33.3 Å². The molecule has 0 fully saturated rings. The summed E-state index contributed by atoms with van der Waals surface area (Å²) < 4.78 is 27.8. The van der Waals surface area contributed by atoms with Gasteiger partial charge in [-0.1, -0.05) is 63.1 Å². The number of hydrogen-bond donors (Lipinski definition) is 1. The van der Waals surface area contributed by atoms with Gasteiger partial charge in [0.25, 0.3) is 10.0 Å². The van der Waals surface area contributed by atoms with Crippen LogP contribution in [0.2, 0.25) is 5.02 Å². The van der Waals surface area contributed by atoms with Gasteiger partial charge in [0.15, 0.2) is 0 Å². The average Bonchev–Trinajstić information content (AvgIpc) is 2.64. The second-order valence-corrected chi connectivity index (χ2v) is 10.2. The van der Waals surface area contributed by atoms with Crippen molar-refractivity contribution >= 4 is 33.2 Å². The molecule has 1 N–H and O–H groups in total. The van der Waals surface area contributed by atoms with Gasteiger partial charge in [-0.05, 0) is 49.1 Å². The number of aryl methyl sites for hydroxylation is 1. The predicted octanol–water partition coefficient (Wildman–Crippen LogP) is 4.64. The van der Waals surface area contributed by atoms with Crippen molar-refractivity contribution in [2.75, 3.05) is 10.8 Å². The van der Waals surface area contributed by atoms with Crippen LogP contribution in [0.4, 0.5) is 5.69 Å². The van der Waals surface area contributed by atoms with E-state index in [1.807, 2.05) is 34.6 Å². The van der Waals surface area contributed by atoms with E-state index in [4.69, 9.17) is 11.6 Å². The van der Waals surface area contributed by atoms with Crippen molar-refractivity contribution in [3.8, 4) is 0 Å². The molecular weight excluding hydrogens is 408 g/mol. The van der Waals surface area contributed by atoms with Gasteiger partial charge in [-0.15, -0.1) is 0 Å². The Morgan fingerprint density at radius 3 is 2.14 bits per heavy atom. The van der Waals surface area contributed by atoms with Gasteiger partial charge in [-0.2, -0.15) is 0 Å². The lowest BCUT2D eigenvalue weighted by Gasteiger charge is -2.29. The first-order valence-electron chi connectivity index (χ1n) is 9.66. The standard InChI is InChI=1S/C22H29ClN2O3S/c1-15(2)22(16(3)4)24-21(26)14-25(19-8-6-7-18(23)13-19)29(27,28)20-11-9-17(5)10-12-20/h6-13,15-16,22H,14H2,1-5H3,(H,24,26). The normalized spacial score (nSPS) is 11.9. The van der Waals surface area contributed by atoms with E-state index in [0.717, 1.165) is 9.87 Å². The molecule has 158 valence electrons. The van der Waals surface area contributed by atoms with Gasteiger partial charge in [0.05, 0.1) is 10.6 Å².